The van der Waals surface area contributed by atoms with Crippen molar-refractivity contribution in [2.45, 2.75) is 23.7 Å². The van der Waals surface area contributed by atoms with E-state index in [4.69, 9.17) is 9.05 Å². The molecule has 0 bridgehead atoms. The standard InChI is InChI=1S/C17H20IO3PS/c1-3-20-22(19,21-4-2)17(14-10-12-15(18)13-11-14)23-16-8-6-5-7-9-16/h5-13,17H,3-4H2,1-2H3. The van der Waals surface area contributed by atoms with E-state index in [-0.39, 0.29) is 4.99 Å². The minimum atomic E-state index is -3.27. The number of benzene rings is 2. The zero-order valence-corrected chi connectivity index (χ0v) is 17.0. The first-order valence-electron chi connectivity index (χ1n) is 7.45. The number of thioether (sulfide) groups is 1. The van der Waals surface area contributed by atoms with E-state index >= 15 is 0 Å². The minimum Gasteiger partial charge on any atom is -0.308 e. The zero-order chi connectivity index (χ0) is 16.7. The second kappa shape index (κ2) is 9.23. The lowest BCUT2D eigenvalue weighted by Crippen LogP contribution is -2.04. The summed E-state index contributed by atoms with van der Waals surface area (Å²) >= 11 is 3.78. The molecule has 0 saturated carbocycles. The molecule has 124 valence electrons. The van der Waals surface area contributed by atoms with Crippen LogP contribution in [-0.2, 0) is 13.6 Å². The third kappa shape index (κ3) is 5.33. The van der Waals surface area contributed by atoms with Crippen LogP contribution in [0.25, 0.3) is 0 Å². The molecule has 1 atom stereocenters. The molecule has 0 spiro atoms. The molecule has 0 radical (unpaired) electrons. The summed E-state index contributed by atoms with van der Waals surface area (Å²) in [4.78, 5) is 0.650. The van der Waals surface area contributed by atoms with Gasteiger partial charge in [0.05, 0.1) is 13.2 Å². The molecule has 0 aliphatic rings. The normalized spacial score (nSPS) is 13.0. The van der Waals surface area contributed by atoms with Crippen LogP contribution >= 0.6 is 41.9 Å². The maximum atomic E-state index is 13.3. The second-order valence-corrected chi connectivity index (χ2v) is 9.60. The SMILES string of the molecule is CCOP(=O)(OCC)C(Sc1ccccc1)c1ccc(I)cc1. The van der Waals surface area contributed by atoms with Crippen LogP contribution in [0.4, 0.5) is 0 Å². The molecular formula is C17H20IO3PS. The van der Waals surface area contributed by atoms with Gasteiger partial charge in [-0.25, -0.2) is 0 Å². The molecule has 23 heavy (non-hydrogen) atoms. The van der Waals surface area contributed by atoms with Gasteiger partial charge in [0.15, 0.2) is 0 Å². The largest absolute Gasteiger partial charge is 0.348 e. The first-order chi connectivity index (χ1) is 11.1. The predicted octanol–water partition coefficient (Wildman–Crippen LogP) is 6.35. The van der Waals surface area contributed by atoms with Crippen molar-refractivity contribution in [2.24, 2.45) is 0 Å². The van der Waals surface area contributed by atoms with Gasteiger partial charge in [-0.3, -0.25) is 4.57 Å². The van der Waals surface area contributed by atoms with Gasteiger partial charge in [-0.1, -0.05) is 30.3 Å². The molecule has 2 rings (SSSR count). The van der Waals surface area contributed by atoms with Crippen LogP contribution in [0.1, 0.15) is 24.4 Å². The lowest BCUT2D eigenvalue weighted by molar-refractivity contribution is 0.218. The van der Waals surface area contributed by atoms with Crippen molar-refractivity contribution < 1.29 is 13.6 Å². The second-order valence-electron chi connectivity index (χ2n) is 4.71. The highest BCUT2D eigenvalue weighted by Gasteiger charge is 2.37. The van der Waals surface area contributed by atoms with Gasteiger partial charge in [-0.15, -0.1) is 11.8 Å². The molecule has 0 N–H and O–H groups in total. The number of rotatable bonds is 8. The molecule has 6 heteroatoms. The Bertz CT molecular complexity index is 639. The first kappa shape index (κ1) is 19.0. The van der Waals surface area contributed by atoms with Crippen LogP contribution in [0, 0.1) is 3.57 Å². The average Bonchev–Trinajstić information content (AvgIpc) is 2.55. The summed E-state index contributed by atoms with van der Waals surface area (Å²) in [6.45, 7) is 4.38. The summed E-state index contributed by atoms with van der Waals surface area (Å²) < 4.78 is 25.7. The molecule has 2 aromatic rings. The summed E-state index contributed by atoms with van der Waals surface area (Å²) in [5, 5.41) is 0. The van der Waals surface area contributed by atoms with Gasteiger partial charge in [0.25, 0.3) is 0 Å². The summed E-state index contributed by atoms with van der Waals surface area (Å²) in [7, 11) is -3.27. The Kier molecular flexibility index (Phi) is 7.63. The summed E-state index contributed by atoms with van der Waals surface area (Å²) in [5.41, 5.74) is 0.949. The van der Waals surface area contributed by atoms with Gasteiger partial charge < -0.3 is 9.05 Å². The number of hydrogen-bond donors (Lipinski definition) is 0. The maximum absolute atomic E-state index is 13.3. The summed E-state index contributed by atoms with van der Waals surface area (Å²) in [6.07, 6.45) is 0. The minimum absolute atomic E-state index is 0.355. The summed E-state index contributed by atoms with van der Waals surface area (Å²) in [6, 6.07) is 17.9. The van der Waals surface area contributed by atoms with E-state index in [9.17, 15) is 4.57 Å². The lowest BCUT2D eigenvalue weighted by atomic mass is 10.2. The fourth-order valence-corrected chi connectivity index (χ4v) is 6.18. The first-order valence-corrected chi connectivity index (χ1v) is 11.0. The van der Waals surface area contributed by atoms with Crippen LogP contribution in [0.3, 0.4) is 0 Å². The van der Waals surface area contributed by atoms with E-state index in [1.807, 2.05) is 68.4 Å². The topological polar surface area (TPSA) is 35.5 Å². The predicted molar refractivity (Wildman–Crippen MR) is 105 cm³/mol. The van der Waals surface area contributed by atoms with Crippen LogP contribution in [-0.4, -0.2) is 13.2 Å². The van der Waals surface area contributed by atoms with Crippen molar-refractivity contribution in [1.82, 2.24) is 0 Å². The van der Waals surface area contributed by atoms with Gasteiger partial charge in [-0.2, -0.15) is 0 Å². The van der Waals surface area contributed by atoms with Gasteiger partial charge in [0.1, 0.15) is 4.99 Å². The Labute approximate surface area is 155 Å². The Morgan fingerprint density at radius 1 is 1.00 bits per heavy atom. The van der Waals surface area contributed by atoms with Crippen LogP contribution in [0.2, 0.25) is 0 Å². The Morgan fingerprint density at radius 2 is 1.57 bits per heavy atom. The third-order valence-electron chi connectivity index (χ3n) is 3.05. The van der Waals surface area contributed by atoms with E-state index in [2.05, 4.69) is 22.6 Å². The molecule has 0 aromatic heterocycles. The van der Waals surface area contributed by atoms with E-state index in [1.54, 1.807) is 0 Å². The molecule has 0 saturated heterocycles. The lowest BCUT2D eigenvalue weighted by Gasteiger charge is -2.26. The number of halogens is 1. The van der Waals surface area contributed by atoms with Gasteiger partial charge in [0.2, 0.25) is 0 Å². The Balaban J connectivity index is 2.40. The maximum Gasteiger partial charge on any atom is 0.348 e. The van der Waals surface area contributed by atoms with Crippen LogP contribution in [0.15, 0.2) is 59.5 Å². The highest BCUT2D eigenvalue weighted by Crippen LogP contribution is 2.66. The molecule has 0 aliphatic heterocycles. The van der Waals surface area contributed by atoms with E-state index in [0.717, 1.165) is 14.0 Å². The molecule has 2 aromatic carbocycles. The van der Waals surface area contributed by atoms with Crippen molar-refractivity contribution >= 4 is 41.9 Å². The zero-order valence-electron chi connectivity index (χ0n) is 13.1. The van der Waals surface area contributed by atoms with Gasteiger partial charge >= 0.3 is 7.60 Å². The van der Waals surface area contributed by atoms with Crippen molar-refractivity contribution in [3.63, 3.8) is 0 Å². The Morgan fingerprint density at radius 3 is 2.09 bits per heavy atom. The molecule has 0 heterocycles. The van der Waals surface area contributed by atoms with Crippen molar-refractivity contribution in [3.05, 3.63) is 63.7 Å². The number of hydrogen-bond acceptors (Lipinski definition) is 4. The highest BCUT2D eigenvalue weighted by molar-refractivity contribution is 14.1. The summed E-state index contributed by atoms with van der Waals surface area (Å²) in [5.74, 6) is 0. The monoisotopic (exact) mass is 462 g/mol. The van der Waals surface area contributed by atoms with E-state index < -0.39 is 7.60 Å². The smallest absolute Gasteiger partial charge is 0.308 e. The molecule has 0 aliphatic carbocycles. The van der Waals surface area contributed by atoms with Crippen molar-refractivity contribution in [2.75, 3.05) is 13.2 Å². The highest BCUT2D eigenvalue weighted by atomic mass is 127. The fraction of sp³-hybridized carbons (Fsp3) is 0.294. The van der Waals surface area contributed by atoms with Crippen molar-refractivity contribution in [3.8, 4) is 0 Å². The molecule has 0 fully saturated rings. The quantitative estimate of drug-likeness (QED) is 0.260. The van der Waals surface area contributed by atoms with Gasteiger partial charge in [-0.05, 0) is 66.3 Å². The third-order valence-corrected chi connectivity index (χ3v) is 8.01. The van der Waals surface area contributed by atoms with E-state index in [0.29, 0.717) is 13.2 Å². The Hall–Kier alpha value is -0.330. The van der Waals surface area contributed by atoms with E-state index in [1.165, 1.54) is 11.8 Å². The van der Waals surface area contributed by atoms with Gasteiger partial charge in [0, 0.05) is 8.47 Å². The van der Waals surface area contributed by atoms with Crippen LogP contribution in [0.5, 0.6) is 0 Å². The van der Waals surface area contributed by atoms with Crippen molar-refractivity contribution in [1.29, 1.82) is 0 Å². The average molecular weight is 462 g/mol. The molecule has 1 unspecified atom stereocenters. The molecule has 3 nitrogen and oxygen atoms in total. The van der Waals surface area contributed by atoms with Crippen LogP contribution < -0.4 is 0 Å². The fourth-order valence-electron chi connectivity index (χ4n) is 2.10. The molecular weight excluding hydrogens is 442 g/mol. The molecule has 0 amide bonds.